The fourth-order valence-corrected chi connectivity index (χ4v) is 2.92. The third kappa shape index (κ3) is 4.10. The Balaban J connectivity index is 1.84. The molecule has 0 aliphatic heterocycles. The highest BCUT2D eigenvalue weighted by Crippen LogP contribution is 2.17. The molecular weight excluding hydrogens is 273 g/mol. The van der Waals surface area contributed by atoms with Crippen molar-refractivity contribution in [1.29, 1.82) is 0 Å². The lowest BCUT2D eigenvalue weighted by molar-refractivity contribution is 0.313. The predicted molar refractivity (Wildman–Crippen MR) is 81.1 cm³/mol. The molecule has 0 saturated carbocycles. The average molecular weight is 293 g/mol. The molecule has 1 aromatic carbocycles. The highest BCUT2D eigenvalue weighted by molar-refractivity contribution is 7.09. The summed E-state index contributed by atoms with van der Waals surface area (Å²) in [7, 11) is 2.07. The molecule has 3 nitrogen and oxygen atoms in total. The molecule has 108 valence electrons. The van der Waals surface area contributed by atoms with Crippen molar-refractivity contribution in [2.75, 3.05) is 13.6 Å². The summed E-state index contributed by atoms with van der Waals surface area (Å²) >= 11 is 1.68. The van der Waals surface area contributed by atoms with E-state index < -0.39 is 0 Å². The van der Waals surface area contributed by atoms with Gasteiger partial charge in [-0.15, -0.1) is 11.3 Å². The molecule has 0 aliphatic carbocycles. The van der Waals surface area contributed by atoms with Crippen molar-refractivity contribution in [2.45, 2.75) is 25.9 Å². The third-order valence-electron chi connectivity index (χ3n) is 3.36. The Morgan fingerprint density at radius 1 is 1.45 bits per heavy atom. The zero-order valence-electron chi connectivity index (χ0n) is 11.8. The Morgan fingerprint density at radius 2 is 2.25 bits per heavy atom. The number of nitrogens with zero attached hydrogens (tertiary/aromatic N) is 2. The molecule has 1 atom stereocenters. The van der Waals surface area contributed by atoms with Crippen molar-refractivity contribution < 1.29 is 4.39 Å². The van der Waals surface area contributed by atoms with Crippen LogP contribution in [0.15, 0.2) is 29.8 Å². The molecule has 0 spiro atoms. The van der Waals surface area contributed by atoms with Crippen molar-refractivity contribution in [3.63, 3.8) is 0 Å². The van der Waals surface area contributed by atoms with Gasteiger partial charge in [0.1, 0.15) is 5.82 Å². The second-order valence-electron chi connectivity index (χ2n) is 5.05. The van der Waals surface area contributed by atoms with E-state index >= 15 is 0 Å². The van der Waals surface area contributed by atoms with Gasteiger partial charge in [-0.05, 0) is 38.1 Å². The van der Waals surface area contributed by atoms with E-state index in [4.69, 9.17) is 5.73 Å². The monoisotopic (exact) mass is 293 g/mol. The summed E-state index contributed by atoms with van der Waals surface area (Å²) in [6.45, 7) is 3.78. The van der Waals surface area contributed by atoms with E-state index in [0.29, 0.717) is 0 Å². The Kier molecular flexibility index (Phi) is 5.23. The van der Waals surface area contributed by atoms with Gasteiger partial charge in [-0.2, -0.15) is 0 Å². The van der Waals surface area contributed by atoms with Crippen LogP contribution in [0.2, 0.25) is 0 Å². The van der Waals surface area contributed by atoms with Crippen LogP contribution in [0.25, 0.3) is 0 Å². The van der Waals surface area contributed by atoms with Gasteiger partial charge in [0.2, 0.25) is 0 Å². The standard InChI is InChI=1S/C15H20FN3S/c1-11-15(20-10-18-11)9-19(2)7-6-14(17)12-4-3-5-13(16)8-12/h3-5,8,10,14H,6-7,9,17H2,1-2H3. The Bertz CT molecular complexity index is 556. The van der Waals surface area contributed by atoms with Gasteiger partial charge in [-0.25, -0.2) is 9.37 Å². The normalized spacial score (nSPS) is 12.8. The number of aryl methyl sites for hydroxylation is 1. The first kappa shape index (κ1) is 15.1. The van der Waals surface area contributed by atoms with Gasteiger partial charge in [-0.3, -0.25) is 0 Å². The minimum absolute atomic E-state index is 0.129. The van der Waals surface area contributed by atoms with Gasteiger partial charge in [-0.1, -0.05) is 12.1 Å². The van der Waals surface area contributed by atoms with E-state index in [2.05, 4.69) is 16.9 Å². The first-order chi connectivity index (χ1) is 9.56. The molecule has 2 aromatic rings. The summed E-state index contributed by atoms with van der Waals surface area (Å²) in [5, 5.41) is 0. The fourth-order valence-electron chi connectivity index (χ4n) is 2.07. The molecular formula is C15H20FN3S. The van der Waals surface area contributed by atoms with E-state index in [9.17, 15) is 4.39 Å². The minimum Gasteiger partial charge on any atom is -0.324 e. The van der Waals surface area contributed by atoms with Gasteiger partial charge in [0.25, 0.3) is 0 Å². The van der Waals surface area contributed by atoms with Crippen LogP contribution in [0.1, 0.15) is 28.6 Å². The SMILES string of the molecule is Cc1ncsc1CN(C)CCC(N)c1cccc(F)c1. The van der Waals surface area contributed by atoms with Crippen LogP contribution in [-0.2, 0) is 6.54 Å². The maximum absolute atomic E-state index is 13.2. The van der Waals surface area contributed by atoms with Crippen LogP contribution in [-0.4, -0.2) is 23.5 Å². The van der Waals surface area contributed by atoms with E-state index in [1.807, 2.05) is 18.5 Å². The fraction of sp³-hybridized carbons (Fsp3) is 0.400. The van der Waals surface area contributed by atoms with Crippen molar-refractivity contribution in [3.8, 4) is 0 Å². The third-order valence-corrected chi connectivity index (χ3v) is 4.28. The predicted octanol–water partition coefficient (Wildman–Crippen LogP) is 3.11. The molecule has 2 N–H and O–H groups in total. The molecule has 0 amide bonds. The number of rotatable bonds is 6. The van der Waals surface area contributed by atoms with Crippen LogP contribution >= 0.6 is 11.3 Å². The average Bonchev–Trinajstić information content (AvgIpc) is 2.81. The number of hydrogen-bond donors (Lipinski definition) is 1. The molecule has 2 rings (SSSR count). The zero-order chi connectivity index (χ0) is 14.5. The summed E-state index contributed by atoms with van der Waals surface area (Å²) in [4.78, 5) is 7.75. The molecule has 0 aliphatic rings. The number of hydrogen-bond acceptors (Lipinski definition) is 4. The van der Waals surface area contributed by atoms with Gasteiger partial charge >= 0.3 is 0 Å². The largest absolute Gasteiger partial charge is 0.324 e. The second kappa shape index (κ2) is 6.92. The molecule has 0 saturated heterocycles. The molecule has 0 bridgehead atoms. The molecule has 1 unspecified atom stereocenters. The van der Waals surface area contributed by atoms with E-state index in [1.54, 1.807) is 17.4 Å². The van der Waals surface area contributed by atoms with E-state index in [0.717, 1.165) is 30.8 Å². The smallest absolute Gasteiger partial charge is 0.123 e. The first-order valence-corrected chi connectivity index (χ1v) is 7.53. The lowest BCUT2D eigenvalue weighted by Crippen LogP contribution is -2.23. The maximum atomic E-state index is 13.2. The minimum atomic E-state index is -0.230. The number of nitrogens with two attached hydrogens (primary N) is 1. The van der Waals surface area contributed by atoms with Gasteiger partial charge in [0, 0.05) is 24.0 Å². The zero-order valence-corrected chi connectivity index (χ0v) is 12.7. The first-order valence-electron chi connectivity index (χ1n) is 6.65. The summed E-state index contributed by atoms with van der Waals surface area (Å²) in [6.07, 6.45) is 0.803. The van der Waals surface area contributed by atoms with Crippen LogP contribution in [0, 0.1) is 12.7 Å². The summed E-state index contributed by atoms with van der Waals surface area (Å²) in [5.41, 5.74) is 9.93. The van der Waals surface area contributed by atoms with E-state index in [-0.39, 0.29) is 11.9 Å². The summed E-state index contributed by atoms with van der Waals surface area (Å²) in [5.74, 6) is -0.230. The second-order valence-corrected chi connectivity index (χ2v) is 5.99. The van der Waals surface area contributed by atoms with Gasteiger partial charge in [0.05, 0.1) is 11.2 Å². The van der Waals surface area contributed by atoms with Crippen molar-refractivity contribution >= 4 is 11.3 Å². The number of thiazole rings is 1. The molecule has 1 heterocycles. The Hall–Kier alpha value is -1.30. The Labute approximate surface area is 123 Å². The topological polar surface area (TPSA) is 42.2 Å². The molecule has 20 heavy (non-hydrogen) atoms. The quantitative estimate of drug-likeness (QED) is 0.890. The van der Waals surface area contributed by atoms with E-state index in [1.165, 1.54) is 17.0 Å². The van der Waals surface area contributed by atoms with Crippen molar-refractivity contribution in [3.05, 3.63) is 51.7 Å². The highest BCUT2D eigenvalue weighted by atomic mass is 32.1. The maximum Gasteiger partial charge on any atom is 0.123 e. The van der Waals surface area contributed by atoms with Gasteiger partial charge < -0.3 is 10.6 Å². The highest BCUT2D eigenvalue weighted by Gasteiger charge is 2.10. The molecule has 0 radical (unpaired) electrons. The molecule has 5 heteroatoms. The Morgan fingerprint density at radius 3 is 2.90 bits per heavy atom. The summed E-state index contributed by atoms with van der Waals surface area (Å²) < 4.78 is 13.2. The molecule has 1 aromatic heterocycles. The number of benzene rings is 1. The summed E-state index contributed by atoms with van der Waals surface area (Å²) in [6, 6.07) is 6.40. The van der Waals surface area contributed by atoms with Crippen LogP contribution in [0.5, 0.6) is 0 Å². The van der Waals surface area contributed by atoms with Gasteiger partial charge in [0.15, 0.2) is 0 Å². The number of halogens is 1. The lowest BCUT2D eigenvalue weighted by atomic mass is 10.0. The van der Waals surface area contributed by atoms with Crippen molar-refractivity contribution in [2.24, 2.45) is 5.73 Å². The van der Waals surface area contributed by atoms with Crippen LogP contribution < -0.4 is 5.73 Å². The van der Waals surface area contributed by atoms with Crippen LogP contribution in [0.3, 0.4) is 0 Å². The van der Waals surface area contributed by atoms with Crippen molar-refractivity contribution in [1.82, 2.24) is 9.88 Å². The molecule has 0 fully saturated rings. The lowest BCUT2D eigenvalue weighted by Gasteiger charge is -2.19. The van der Waals surface area contributed by atoms with Crippen LogP contribution in [0.4, 0.5) is 4.39 Å². The number of aromatic nitrogens is 1.